The zero-order chi connectivity index (χ0) is 14.7. The Morgan fingerprint density at radius 1 is 1.55 bits per heavy atom. The fourth-order valence-electron chi connectivity index (χ4n) is 2.58. The standard InChI is InChI=1S/C17H21ClFN/c1-4-20-11-10-15-14(6-5-7-17(15)20)12(2)8-9-16(19)13(3)18/h5-9,13,16H,2,4,10-11H2,1,3H3/b9-8-. The second kappa shape index (κ2) is 6.45. The van der Waals surface area contributed by atoms with Gasteiger partial charge in [0.1, 0.15) is 6.17 Å². The molecule has 20 heavy (non-hydrogen) atoms. The van der Waals surface area contributed by atoms with Gasteiger partial charge < -0.3 is 4.90 Å². The molecule has 2 atom stereocenters. The average Bonchev–Trinajstić information content (AvgIpc) is 2.87. The summed E-state index contributed by atoms with van der Waals surface area (Å²) < 4.78 is 13.5. The van der Waals surface area contributed by atoms with Crippen molar-refractivity contribution in [2.24, 2.45) is 0 Å². The number of hydrogen-bond acceptors (Lipinski definition) is 1. The first-order chi connectivity index (χ1) is 9.54. The van der Waals surface area contributed by atoms with Crippen molar-refractivity contribution in [1.82, 2.24) is 0 Å². The molecule has 0 amide bonds. The van der Waals surface area contributed by atoms with Crippen LogP contribution in [0.4, 0.5) is 10.1 Å². The van der Waals surface area contributed by atoms with Crippen LogP contribution in [0, 0.1) is 0 Å². The molecule has 1 aliphatic rings. The molecule has 0 aromatic heterocycles. The lowest BCUT2D eigenvalue weighted by Crippen LogP contribution is -2.18. The zero-order valence-corrected chi connectivity index (χ0v) is 12.8. The van der Waals surface area contributed by atoms with Crippen molar-refractivity contribution >= 4 is 22.9 Å². The van der Waals surface area contributed by atoms with Crippen LogP contribution in [0.1, 0.15) is 25.0 Å². The summed E-state index contributed by atoms with van der Waals surface area (Å²) in [7, 11) is 0. The van der Waals surface area contributed by atoms with Crippen LogP contribution in [0.2, 0.25) is 0 Å². The van der Waals surface area contributed by atoms with Crippen LogP contribution in [-0.4, -0.2) is 24.6 Å². The minimum atomic E-state index is -1.14. The number of benzene rings is 1. The van der Waals surface area contributed by atoms with Gasteiger partial charge in [0.15, 0.2) is 0 Å². The van der Waals surface area contributed by atoms with Gasteiger partial charge in [-0.15, -0.1) is 11.6 Å². The highest BCUT2D eigenvalue weighted by molar-refractivity contribution is 6.20. The van der Waals surface area contributed by atoms with E-state index in [0.29, 0.717) is 0 Å². The molecule has 3 heteroatoms. The maximum atomic E-state index is 13.5. The lowest BCUT2D eigenvalue weighted by Gasteiger charge is -2.17. The SMILES string of the molecule is C=C(/C=C\C(F)C(C)Cl)c1cccc2c1CCN2CC. The summed E-state index contributed by atoms with van der Waals surface area (Å²) in [5.74, 6) is 0. The van der Waals surface area contributed by atoms with Crippen molar-refractivity contribution in [3.8, 4) is 0 Å². The van der Waals surface area contributed by atoms with Crippen LogP contribution < -0.4 is 4.90 Å². The number of fused-ring (bicyclic) bond motifs is 1. The molecule has 2 rings (SSSR count). The smallest absolute Gasteiger partial charge is 0.135 e. The lowest BCUT2D eigenvalue weighted by atomic mass is 9.98. The Labute approximate surface area is 125 Å². The Kier molecular flexibility index (Phi) is 4.87. The molecule has 1 nitrogen and oxygen atoms in total. The predicted octanol–water partition coefficient (Wildman–Crippen LogP) is 4.60. The van der Waals surface area contributed by atoms with E-state index < -0.39 is 11.5 Å². The van der Waals surface area contributed by atoms with E-state index in [1.165, 1.54) is 17.3 Å². The molecule has 0 fully saturated rings. The van der Waals surface area contributed by atoms with Gasteiger partial charge in [0.25, 0.3) is 0 Å². The molecule has 108 valence electrons. The van der Waals surface area contributed by atoms with Gasteiger partial charge in [-0.1, -0.05) is 24.8 Å². The fourth-order valence-corrected chi connectivity index (χ4v) is 2.67. The maximum absolute atomic E-state index is 13.5. The summed E-state index contributed by atoms with van der Waals surface area (Å²) in [5.41, 5.74) is 4.56. The predicted molar refractivity (Wildman–Crippen MR) is 86.4 cm³/mol. The first kappa shape index (κ1) is 15.1. The van der Waals surface area contributed by atoms with Crippen LogP contribution in [0.5, 0.6) is 0 Å². The second-order valence-electron chi connectivity index (χ2n) is 5.14. The topological polar surface area (TPSA) is 3.24 Å². The van der Waals surface area contributed by atoms with Crippen LogP contribution in [-0.2, 0) is 6.42 Å². The van der Waals surface area contributed by atoms with Gasteiger partial charge in [-0.25, -0.2) is 4.39 Å². The van der Waals surface area contributed by atoms with Crippen molar-refractivity contribution in [3.05, 3.63) is 48.1 Å². The molecule has 0 radical (unpaired) electrons. The molecule has 0 bridgehead atoms. The highest BCUT2D eigenvalue weighted by Crippen LogP contribution is 2.33. The third-order valence-electron chi connectivity index (χ3n) is 3.77. The van der Waals surface area contributed by atoms with E-state index in [4.69, 9.17) is 11.6 Å². The zero-order valence-electron chi connectivity index (χ0n) is 12.1. The summed E-state index contributed by atoms with van der Waals surface area (Å²) in [6.45, 7) is 9.93. The van der Waals surface area contributed by atoms with E-state index >= 15 is 0 Å². The van der Waals surface area contributed by atoms with Crippen molar-refractivity contribution in [2.45, 2.75) is 31.8 Å². The van der Waals surface area contributed by atoms with Gasteiger partial charge in [-0.2, -0.15) is 0 Å². The molecule has 0 aliphatic carbocycles. The number of allylic oxidation sites excluding steroid dienone is 3. The third kappa shape index (κ3) is 3.06. The Hall–Kier alpha value is -1.28. The highest BCUT2D eigenvalue weighted by atomic mass is 35.5. The first-order valence-electron chi connectivity index (χ1n) is 7.07. The van der Waals surface area contributed by atoms with Gasteiger partial charge in [-0.3, -0.25) is 0 Å². The summed E-state index contributed by atoms with van der Waals surface area (Å²) in [6, 6.07) is 6.24. The number of rotatable bonds is 5. The van der Waals surface area contributed by atoms with Gasteiger partial charge in [0.2, 0.25) is 0 Å². The number of nitrogens with zero attached hydrogens (tertiary/aromatic N) is 1. The highest BCUT2D eigenvalue weighted by Gasteiger charge is 2.20. The molecule has 1 heterocycles. The molecule has 0 spiro atoms. The Balaban J connectivity index is 2.22. The number of alkyl halides is 2. The average molecular weight is 294 g/mol. The molecule has 2 unspecified atom stereocenters. The summed E-state index contributed by atoms with van der Waals surface area (Å²) >= 11 is 5.73. The number of halogens is 2. The van der Waals surface area contributed by atoms with E-state index in [9.17, 15) is 4.39 Å². The fraction of sp³-hybridized carbons (Fsp3) is 0.412. The van der Waals surface area contributed by atoms with Crippen LogP contribution >= 0.6 is 11.6 Å². The number of anilines is 1. The van der Waals surface area contributed by atoms with Gasteiger partial charge >= 0.3 is 0 Å². The van der Waals surface area contributed by atoms with Gasteiger partial charge in [-0.05, 0) is 49.1 Å². The molecular formula is C17H21ClFN. The van der Waals surface area contributed by atoms with Crippen molar-refractivity contribution in [1.29, 1.82) is 0 Å². The molecule has 1 aromatic carbocycles. The van der Waals surface area contributed by atoms with E-state index in [1.54, 1.807) is 13.0 Å². The molecule has 0 saturated carbocycles. The van der Waals surface area contributed by atoms with Gasteiger partial charge in [0.05, 0.1) is 5.38 Å². The van der Waals surface area contributed by atoms with Gasteiger partial charge in [0, 0.05) is 18.8 Å². The number of likely N-dealkylation sites (N-methyl/N-ethyl adjacent to an activating group) is 1. The monoisotopic (exact) mass is 293 g/mol. The molecule has 1 aromatic rings. The summed E-state index contributed by atoms with van der Waals surface area (Å²) in [6.07, 6.45) is 3.12. The maximum Gasteiger partial charge on any atom is 0.135 e. The van der Waals surface area contributed by atoms with Crippen LogP contribution in [0.3, 0.4) is 0 Å². The molecule has 0 N–H and O–H groups in total. The van der Waals surface area contributed by atoms with Crippen LogP contribution in [0.25, 0.3) is 5.57 Å². The van der Waals surface area contributed by atoms with Crippen molar-refractivity contribution < 1.29 is 4.39 Å². The second-order valence-corrected chi connectivity index (χ2v) is 5.83. The minimum absolute atomic E-state index is 0.517. The Morgan fingerprint density at radius 2 is 2.30 bits per heavy atom. The largest absolute Gasteiger partial charge is 0.371 e. The minimum Gasteiger partial charge on any atom is -0.371 e. The number of hydrogen-bond donors (Lipinski definition) is 0. The molecule has 1 aliphatic heterocycles. The lowest BCUT2D eigenvalue weighted by molar-refractivity contribution is 0.395. The summed E-state index contributed by atoms with van der Waals surface area (Å²) in [4.78, 5) is 2.36. The Bertz CT molecular complexity index is 522. The normalized spacial score (nSPS) is 17.3. The van der Waals surface area contributed by atoms with Crippen molar-refractivity contribution in [2.75, 3.05) is 18.0 Å². The van der Waals surface area contributed by atoms with E-state index in [0.717, 1.165) is 30.6 Å². The summed E-state index contributed by atoms with van der Waals surface area (Å²) in [5, 5.41) is -0.517. The quantitative estimate of drug-likeness (QED) is 0.566. The van der Waals surface area contributed by atoms with Crippen molar-refractivity contribution in [3.63, 3.8) is 0 Å². The first-order valence-corrected chi connectivity index (χ1v) is 7.50. The Morgan fingerprint density at radius 3 is 2.95 bits per heavy atom. The molecule has 0 saturated heterocycles. The van der Waals surface area contributed by atoms with E-state index in [-0.39, 0.29) is 0 Å². The van der Waals surface area contributed by atoms with E-state index in [2.05, 4.69) is 30.5 Å². The molecular weight excluding hydrogens is 273 g/mol. The third-order valence-corrected chi connectivity index (χ3v) is 4.01. The van der Waals surface area contributed by atoms with E-state index in [1.807, 2.05) is 6.07 Å². The van der Waals surface area contributed by atoms with Crippen LogP contribution in [0.15, 0.2) is 36.9 Å².